The first kappa shape index (κ1) is 14.3. The molecule has 22 heavy (non-hydrogen) atoms. The molecule has 0 atom stereocenters. The second-order valence-electron chi connectivity index (χ2n) is 4.98. The number of fused-ring (bicyclic) bond motifs is 1. The second-order valence-corrected chi connectivity index (χ2v) is 4.98. The van der Waals surface area contributed by atoms with Crippen molar-refractivity contribution in [2.24, 2.45) is 0 Å². The van der Waals surface area contributed by atoms with E-state index in [9.17, 15) is 0 Å². The fourth-order valence-corrected chi connectivity index (χ4v) is 2.73. The molecule has 2 aromatic carbocycles. The summed E-state index contributed by atoms with van der Waals surface area (Å²) in [5.74, 6) is 2.20. The molecule has 3 rings (SSSR count). The highest BCUT2D eigenvalue weighted by atomic mass is 16.5. The molecule has 5 heteroatoms. The summed E-state index contributed by atoms with van der Waals surface area (Å²) >= 11 is 0. The number of anilines is 1. The van der Waals surface area contributed by atoms with E-state index in [2.05, 4.69) is 0 Å². The predicted octanol–water partition coefficient (Wildman–Crippen LogP) is 3.06. The zero-order chi connectivity index (χ0) is 15.7. The van der Waals surface area contributed by atoms with E-state index in [0.29, 0.717) is 29.6 Å². The minimum absolute atomic E-state index is 0.477. The summed E-state index contributed by atoms with van der Waals surface area (Å²) in [7, 11) is 4.75. The van der Waals surface area contributed by atoms with Crippen LogP contribution in [0.4, 0.5) is 5.69 Å². The first-order chi connectivity index (χ1) is 10.7. The van der Waals surface area contributed by atoms with Crippen molar-refractivity contribution < 1.29 is 14.2 Å². The molecule has 0 aromatic heterocycles. The van der Waals surface area contributed by atoms with Gasteiger partial charge in [0.15, 0.2) is 11.5 Å². The number of hydrogen-bond donors (Lipinski definition) is 1. The standard InChI is InChI=1S/C17H18N2O3/c1-20-14-8-12(9-15(21-2)16(14)22-3)19-10-11-6-4-5-7-13(11)17(19)18/h4-9,18H,10H2,1-3H3. The van der Waals surface area contributed by atoms with Gasteiger partial charge >= 0.3 is 0 Å². The summed E-state index contributed by atoms with van der Waals surface area (Å²) in [6.07, 6.45) is 0. The van der Waals surface area contributed by atoms with Gasteiger partial charge in [0.1, 0.15) is 5.84 Å². The van der Waals surface area contributed by atoms with Crippen LogP contribution < -0.4 is 19.1 Å². The van der Waals surface area contributed by atoms with Gasteiger partial charge in [0.2, 0.25) is 5.75 Å². The van der Waals surface area contributed by atoms with Crippen LogP contribution in [0.15, 0.2) is 36.4 Å². The molecule has 0 fully saturated rings. The van der Waals surface area contributed by atoms with Gasteiger partial charge in [0, 0.05) is 17.7 Å². The quantitative estimate of drug-likeness (QED) is 0.942. The number of rotatable bonds is 4. The van der Waals surface area contributed by atoms with Gasteiger partial charge in [-0.25, -0.2) is 0 Å². The molecule has 0 spiro atoms. The first-order valence-electron chi connectivity index (χ1n) is 6.94. The van der Waals surface area contributed by atoms with Crippen LogP contribution in [0.5, 0.6) is 17.2 Å². The second kappa shape index (κ2) is 5.60. The minimum Gasteiger partial charge on any atom is -0.493 e. The van der Waals surface area contributed by atoms with Crippen molar-refractivity contribution in [3.8, 4) is 17.2 Å². The summed E-state index contributed by atoms with van der Waals surface area (Å²) < 4.78 is 16.1. The van der Waals surface area contributed by atoms with E-state index >= 15 is 0 Å². The van der Waals surface area contributed by atoms with Gasteiger partial charge < -0.3 is 19.1 Å². The molecule has 1 aliphatic rings. The SMILES string of the molecule is COc1cc(N2Cc3ccccc3C2=N)cc(OC)c1OC. The highest BCUT2D eigenvalue weighted by Crippen LogP contribution is 2.42. The molecule has 1 heterocycles. The lowest BCUT2D eigenvalue weighted by molar-refractivity contribution is 0.324. The minimum atomic E-state index is 0.477. The van der Waals surface area contributed by atoms with E-state index in [0.717, 1.165) is 16.8 Å². The number of nitrogens with zero attached hydrogens (tertiary/aromatic N) is 1. The fraction of sp³-hybridized carbons (Fsp3) is 0.235. The van der Waals surface area contributed by atoms with Crippen LogP contribution in [-0.2, 0) is 6.54 Å². The highest BCUT2D eigenvalue weighted by molar-refractivity contribution is 6.11. The van der Waals surface area contributed by atoms with Crippen molar-refractivity contribution in [3.63, 3.8) is 0 Å². The van der Waals surface area contributed by atoms with Crippen LogP contribution in [0, 0.1) is 5.41 Å². The van der Waals surface area contributed by atoms with E-state index in [-0.39, 0.29) is 0 Å². The third-order valence-electron chi connectivity index (χ3n) is 3.83. The van der Waals surface area contributed by atoms with Crippen molar-refractivity contribution in [3.05, 3.63) is 47.5 Å². The van der Waals surface area contributed by atoms with Crippen LogP contribution in [0.1, 0.15) is 11.1 Å². The van der Waals surface area contributed by atoms with Crippen LogP contribution in [0.25, 0.3) is 0 Å². The smallest absolute Gasteiger partial charge is 0.203 e. The van der Waals surface area contributed by atoms with Crippen molar-refractivity contribution in [2.45, 2.75) is 6.54 Å². The Morgan fingerprint density at radius 3 is 2.14 bits per heavy atom. The van der Waals surface area contributed by atoms with Gasteiger partial charge in [-0.05, 0) is 5.56 Å². The van der Waals surface area contributed by atoms with Gasteiger partial charge in [-0.1, -0.05) is 24.3 Å². The van der Waals surface area contributed by atoms with Crippen molar-refractivity contribution in [2.75, 3.05) is 26.2 Å². The highest BCUT2D eigenvalue weighted by Gasteiger charge is 2.26. The van der Waals surface area contributed by atoms with Gasteiger partial charge in [-0.2, -0.15) is 0 Å². The average Bonchev–Trinajstić information content (AvgIpc) is 2.90. The number of ether oxygens (including phenoxy) is 3. The third-order valence-corrected chi connectivity index (χ3v) is 3.83. The molecule has 0 unspecified atom stereocenters. The molecular formula is C17H18N2O3. The predicted molar refractivity (Wildman–Crippen MR) is 85.6 cm³/mol. The van der Waals surface area contributed by atoms with Gasteiger partial charge in [-0.3, -0.25) is 5.41 Å². The lowest BCUT2D eigenvalue weighted by Gasteiger charge is -2.21. The Morgan fingerprint density at radius 1 is 0.955 bits per heavy atom. The molecule has 0 radical (unpaired) electrons. The van der Waals surface area contributed by atoms with E-state index in [1.54, 1.807) is 21.3 Å². The zero-order valence-corrected chi connectivity index (χ0v) is 12.8. The van der Waals surface area contributed by atoms with E-state index in [1.165, 1.54) is 0 Å². The number of nitrogens with one attached hydrogen (secondary N) is 1. The molecule has 1 N–H and O–H groups in total. The Hall–Kier alpha value is -2.69. The monoisotopic (exact) mass is 298 g/mol. The first-order valence-corrected chi connectivity index (χ1v) is 6.94. The summed E-state index contributed by atoms with van der Waals surface area (Å²) in [4.78, 5) is 1.93. The summed E-state index contributed by atoms with van der Waals surface area (Å²) in [6, 6.07) is 11.7. The lowest BCUT2D eigenvalue weighted by Crippen LogP contribution is -2.23. The fourth-order valence-electron chi connectivity index (χ4n) is 2.73. The average molecular weight is 298 g/mol. The van der Waals surface area contributed by atoms with Crippen molar-refractivity contribution >= 4 is 11.5 Å². The maximum Gasteiger partial charge on any atom is 0.203 e. The Labute approximate surface area is 129 Å². The Bertz CT molecular complexity index is 703. The van der Waals surface area contributed by atoms with Gasteiger partial charge in [-0.15, -0.1) is 0 Å². The topological polar surface area (TPSA) is 54.8 Å². The summed E-state index contributed by atoms with van der Waals surface area (Å²) in [6.45, 7) is 0.660. The van der Waals surface area contributed by atoms with Crippen LogP contribution >= 0.6 is 0 Å². The largest absolute Gasteiger partial charge is 0.493 e. The third kappa shape index (κ3) is 2.15. The number of hydrogen-bond acceptors (Lipinski definition) is 4. The number of amidine groups is 1. The van der Waals surface area contributed by atoms with Crippen LogP contribution in [0.3, 0.4) is 0 Å². The molecule has 0 aliphatic carbocycles. The molecular weight excluding hydrogens is 280 g/mol. The maximum atomic E-state index is 8.39. The molecule has 0 bridgehead atoms. The lowest BCUT2D eigenvalue weighted by atomic mass is 10.1. The molecule has 1 aliphatic heterocycles. The molecule has 114 valence electrons. The Balaban J connectivity index is 2.05. The molecule has 0 amide bonds. The molecule has 0 saturated heterocycles. The Morgan fingerprint density at radius 2 is 1.59 bits per heavy atom. The van der Waals surface area contributed by atoms with E-state index in [1.807, 2.05) is 41.3 Å². The molecule has 2 aromatic rings. The van der Waals surface area contributed by atoms with E-state index < -0.39 is 0 Å². The van der Waals surface area contributed by atoms with Gasteiger partial charge in [0.05, 0.1) is 33.6 Å². The zero-order valence-electron chi connectivity index (χ0n) is 12.8. The number of benzene rings is 2. The normalized spacial score (nSPS) is 13.0. The molecule has 0 saturated carbocycles. The summed E-state index contributed by atoms with van der Waals surface area (Å²) in [5.41, 5.74) is 2.94. The van der Waals surface area contributed by atoms with Gasteiger partial charge in [0.25, 0.3) is 0 Å². The van der Waals surface area contributed by atoms with E-state index in [4.69, 9.17) is 19.6 Å². The van der Waals surface area contributed by atoms with Crippen LogP contribution in [-0.4, -0.2) is 27.2 Å². The molecule has 5 nitrogen and oxygen atoms in total. The van der Waals surface area contributed by atoms with Crippen molar-refractivity contribution in [1.82, 2.24) is 0 Å². The Kier molecular flexibility index (Phi) is 3.63. The maximum absolute atomic E-state index is 8.39. The number of methoxy groups -OCH3 is 3. The summed E-state index contributed by atoms with van der Waals surface area (Å²) in [5, 5.41) is 8.39. The van der Waals surface area contributed by atoms with Crippen molar-refractivity contribution in [1.29, 1.82) is 5.41 Å². The van der Waals surface area contributed by atoms with Crippen LogP contribution in [0.2, 0.25) is 0 Å².